The van der Waals surface area contributed by atoms with Crippen molar-refractivity contribution in [1.29, 1.82) is 0 Å². The fourth-order valence-electron chi connectivity index (χ4n) is 4.49. The number of aromatic nitrogens is 3. The molecule has 2 aromatic heterocycles. The van der Waals surface area contributed by atoms with Gasteiger partial charge in [-0.25, -0.2) is 9.97 Å². The van der Waals surface area contributed by atoms with Gasteiger partial charge in [0.15, 0.2) is 5.76 Å². The van der Waals surface area contributed by atoms with E-state index in [9.17, 15) is 4.79 Å². The number of carbonyl (C=O) groups excluding carboxylic acids is 1. The molecule has 27 heavy (non-hydrogen) atoms. The van der Waals surface area contributed by atoms with Crippen LogP contribution in [0.4, 0.5) is 0 Å². The second-order valence-corrected chi connectivity index (χ2v) is 8.01. The minimum absolute atomic E-state index is 0.216. The first-order valence-electron chi connectivity index (χ1n) is 10.2. The van der Waals surface area contributed by atoms with Crippen molar-refractivity contribution in [3.8, 4) is 11.3 Å². The minimum atomic E-state index is 0.216. The third-order valence-electron chi connectivity index (χ3n) is 5.91. The molecular weight excluding hydrogens is 340 g/mol. The average Bonchev–Trinajstić information content (AvgIpc) is 3.14. The second-order valence-electron chi connectivity index (χ2n) is 8.01. The Morgan fingerprint density at radius 2 is 1.96 bits per heavy atom. The van der Waals surface area contributed by atoms with Gasteiger partial charge in [0, 0.05) is 37.2 Å². The highest BCUT2D eigenvalue weighted by atomic mass is 16.5. The molecule has 2 fully saturated rings. The SMILES string of the molecule is Cc1cc(-c2cnc(C)nc2C2CCCN(C(=O)C3CCCCC3)C2)on1. The summed E-state index contributed by atoms with van der Waals surface area (Å²) in [5, 5.41) is 4.01. The zero-order valence-electron chi connectivity index (χ0n) is 16.3. The van der Waals surface area contributed by atoms with Crippen LogP contribution in [0.5, 0.6) is 0 Å². The van der Waals surface area contributed by atoms with Gasteiger partial charge in [0.2, 0.25) is 5.91 Å². The summed E-state index contributed by atoms with van der Waals surface area (Å²) in [6, 6.07) is 1.92. The smallest absolute Gasteiger partial charge is 0.225 e. The Morgan fingerprint density at radius 1 is 1.15 bits per heavy atom. The third-order valence-corrected chi connectivity index (χ3v) is 5.91. The molecular formula is C21H28N4O2. The van der Waals surface area contributed by atoms with Crippen LogP contribution in [0.25, 0.3) is 11.3 Å². The van der Waals surface area contributed by atoms with E-state index in [2.05, 4.69) is 15.0 Å². The molecule has 6 nitrogen and oxygen atoms in total. The van der Waals surface area contributed by atoms with Crippen LogP contribution in [0.3, 0.4) is 0 Å². The van der Waals surface area contributed by atoms with E-state index in [-0.39, 0.29) is 11.8 Å². The first-order chi connectivity index (χ1) is 13.1. The Kier molecular flexibility index (Phi) is 5.23. The van der Waals surface area contributed by atoms with E-state index in [4.69, 9.17) is 9.51 Å². The molecule has 2 aromatic rings. The van der Waals surface area contributed by atoms with Crippen molar-refractivity contribution in [1.82, 2.24) is 20.0 Å². The van der Waals surface area contributed by atoms with E-state index >= 15 is 0 Å². The number of likely N-dealkylation sites (tertiary alicyclic amines) is 1. The summed E-state index contributed by atoms with van der Waals surface area (Å²) in [4.78, 5) is 24.2. The van der Waals surface area contributed by atoms with Gasteiger partial charge in [0.1, 0.15) is 5.82 Å². The van der Waals surface area contributed by atoms with Crippen LogP contribution in [-0.2, 0) is 4.79 Å². The van der Waals surface area contributed by atoms with Crippen LogP contribution in [0, 0.1) is 19.8 Å². The van der Waals surface area contributed by atoms with Crippen molar-refractivity contribution in [3.63, 3.8) is 0 Å². The lowest BCUT2D eigenvalue weighted by molar-refractivity contribution is -0.137. The van der Waals surface area contributed by atoms with Crippen molar-refractivity contribution in [3.05, 3.63) is 29.5 Å². The Bertz CT molecular complexity index is 810. The number of rotatable bonds is 3. The number of carbonyl (C=O) groups is 1. The number of nitrogens with zero attached hydrogens (tertiary/aromatic N) is 4. The lowest BCUT2D eigenvalue weighted by atomic mass is 9.86. The Hall–Kier alpha value is -2.24. The van der Waals surface area contributed by atoms with Gasteiger partial charge >= 0.3 is 0 Å². The molecule has 0 bridgehead atoms. The number of hydrogen-bond acceptors (Lipinski definition) is 5. The van der Waals surface area contributed by atoms with Crippen LogP contribution in [0.1, 0.15) is 68.1 Å². The molecule has 0 radical (unpaired) electrons. The van der Waals surface area contributed by atoms with Gasteiger partial charge < -0.3 is 9.42 Å². The standard InChI is InChI=1S/C21H28N4O2/c1-14-11-19(27-24-14)18-12-22-15(2)23-20(18)17-9-6-10-25(13-17)21(26)16-7-4-3-5-8-16/h11-12,16-17H,3-10,13H2,1-2H3. The lowest BCUT2D eigenvalue weighted by Gasteiger charge is -2.36. The summed E-state index contributed by atoms with van der Waals surface area (Å²) in [7, 11) is 0. The summed E-state index contributed by atoms with van der Waals surface area (Å²) < 4.78 is 5.48. The molecule has 1 unspecified atom stereocenters. The molecule has 1 saturated carbocycles. The molecule has 0 N–H and O–H groups in total. The van der Waals surface area contributed by atoms with E-state index in [0.717, 1.165) is 61.5 Å². The zero-order valence-corrected chi connectivity index (χ0v) is 16.3. The van der Waals surface area contributed by atoms with Gasteiger partial charge in [0.05, 0.1) is 17.0 Å². The summed E-state index contributed by atoms with van der Waals surface area (Å²) in [6.07, 6.45) is 9.63. The predicted molar refractivity (Wildman–Crippen MR) is 102 cm³/mol. The van der Waals surface area contributed by atoms with Gasteiger partial charge in [0.25, 0.3) is 0 Å². The average molecular weight is 368 g/mol. The highest BCUT2D eigenvalue weighted by Gasteiger charge is 2.32. The first-order valence-corrected chi connectivity index (χ1v) is 10.2. The second kappa shape index (κ2) is 7.79. The van der Waals surface area contributed by atoms with E-state index in [1.165, 1.54) is 19.3 Å². The fraction of sp³-hybridized carbons (Fsp3) is 0.619. The topological polar surface area (TPSA) is 72.1 Å². The zero-order chi connectivity index (χ0) is 18.8. The molecule has 144 valence electrons. The van der Waals surface area contributed by atoms with Gasteiger partial charge in [-0.05, 0) is 39.5 Å². The molecule has 1 saturated heterocycles. The maximum atomic E-state index is 13.0. The first kappa shape index (κ1) is 18.1. The van der Waals surface area contributed by atoms with Gasteiger partial charge in [-0.2, -0.15) is 0 Å². The van der Waals surface area contributed by atoms with Gasteiger partial charge in [-0.3, -0.25) is 4.79 Å². The fourth-order valence-corrected chi connectivity index (χ4v) is 4.49. The highest BCUT2D eigenvalue weighted by Crippen LogP contribution is 2.34. The number of piperidine rings is 1. The van der Waals surface area contributed by atoms with E-state index < -0.39 is 0 Å². The van der Waals surface area contributed by atoms with Crippen LogP contribution in [0.2, 0.25) is 0 Å². The van der Waals surface area contributed by atoms with Crippen LogP contribution >= 0.6 is 0 Å². The highest BCUT2D eigenvalue weighted by molar-refractivity contribution is 5.79. The molecule has 1 atom stereocenters. The largest absolute Gasteiger partial charge is 0.356 e. The Morgan fingerprint density at radius 3 is 2.70 bits per heavy atom. The van der Waals surface area contributed by atoms with Crippen molar-refractivity contribution in [2.24, 2.45) is 5.92 Å². The maximum Gasteiger partial charge on any atom is 0.225 e. The molecule has 0 aromatic carbocycles. The lowest BCUT2D eigenvalue weighted by Crippen LogP contribution is -2.43. The van der Waals surface area contributed by atoms with E-state index in [1.807, 2.05) is 26.1 Å². The molecule has 6 heteroatoms. The van der Waals surface area contributed by atoms with Gasteiger partial charge in [-0.15, -0.1) is 0 Å². The quantitative estimate of drug-likeness (QED) is 0.818. The van der Waals surface area contributed by atoms with Crippen molar-refractivity contribution >= 4 is 5.91 Å². The normalized spacial score (nSPS) is 21.4. The summed E-state index contributed by atoms with van der Waals surface area (Å²) in [5.41, 5.74) is 2.73. The maximum absolute atomic E-state index is 13.0. The summed E-state index contributed by atoms with van der Waals surface area (Å²) in [6.45, 7) is 5.43. The predicted octanol–water partition coefficient (Wildman–Crippen LogP) is 4.03. The van der Waals surface area contributed by atoms with Crippen molar-refractivity contribution < 1.29 is 9.32 Å². The molecule has 1 aliphatic heterocycles. The van der Waals surface area contributed by atoms with Crippen LogP contribution in [0.15, 0.2) is 16.8 Å². The molecule has 3 heterocycles. The van der Waals surface area contributed by atoms with Gasteiger partial charge in [-0.1, -0.05) is 24.4 Å². The molecule has 0 spiro atoms. The molecule has 1 aliphatic carbocycles. The van der Waals surface area contributed by atoms with Crippen molar-refractivity contribution in [2.45, 2.75) is 64.7 Å². The van der Waals surface area contributed by atoms with Crippen LogP contribution < -0.4 is 0 Å². The number of aryl methyl sites for hydroxylation is 2. The summed E-state index contributed by atoms with van der Waals surface area (Å²) >= 11 is 0. The molecule has 2 aliphatic rings. The van der Waals surface area contributed by atoms with E-state index in [1.54, 1.807) is 0 Å². The molecule has 4 rings (SSSR count). The number of amides is 1. The third kappa shape index (κ3) is 3.89. The minimum Gasteiger partial charge on any atom is -0.356 e. The van der Waals surface area contributed by atoms with Crippen LogP contribution in [-0.4, -0.2) is 39.0 Å². The monoisotopic (exact) mass is 368 g/mol. The summed E-state index contributed by atoms with van der Waals surface area (Å²) in [5.74, 6) is 2.25. The van der Waals surface area contributed by atoms with Crippen molar-refractivity contribution in [2.75, 3.05) is 13.1 Å². The Labute approximate surface area is 160 Å². The van der Waals surface area contributed by atoms with E-state index in [0.29, 0.717) is 11.7 Å². The Balaban J connectivity index is 1.57. The number of hydrogen-bond donors (Lipinski definition) is 0. The molecule has 1 amide bonds.